The van der Waals surface area contributed by atoms with Crippen molar-refractivity contribution in [3.8, 4) is 5.69 Å². The quantitative estimate of drug-likeness (QED) is 0.628. The van der Waals surface area contributed by atoms with E-state index in [4.69, 9.17) is 0 Å². The maximum Gasteiger partial charge on any atom is 0.0928 e. The van der Waals surface area contributed by atoms with Gasteiger partial charge < -0.3 is 0 Å². The van der Waals surface area contributed by atoms with E-state index < -0.39 is 0 Å². The van der Waals surface area contributed by atoms with Gasteiger partial charge in [0.15, 0.2) is 0 Å². The first-order chi connectivity index (χ1) is 8.22. The van der Waals surface area contributed by atoms with E-state index in [2.05, 4.69) is 43.0 Å². The second-order valence-corrected chi connectivity index (χ2v) is 5.58. The van der Waals surface area contributed by atoms with Crippen LogP contribution < -0.4 is 0 Å². The van der Waals surface area contributed by atoms with E-state index in [-0.39, 0.29) is 0 Å². The molecular weight excluding hydrogens is 344 g/mol. The van der Waals surface area contributed by atoms with Gasteiger partial charge in [0.2, 0.25) is 0 Å². The summed E-state index contributed by atoms with van der Waals surface area (Å²) >= 11 is 6.89. The Balaban J connectivity index is 2.14. The molecule has 0 aliphatic heterocycles. The van der Waals surface area contributed by atoms with Gasteiger partial charge in [-0.1, -0.05) is 31.9 Å². The number of hydrogen-bond donors (Lipinski definition) is 0. The van der Waals surface area contributed by atoms with Gasteiger partial charge in [-0.15, -0.1) is 0 Å². The molecule has 0 aliphatic rings. The number of rotatable bonds is 1. The summed E-state index contributed by atoms with van der Waals surface area (Å²) < 4.78 is 4.03. The molecule has 0 aliphatic carbocycles. The topological polar surface area (TPSA) is 17.8 Å². The van der Waals surface area contributed by atoms with Crippen LogP contribution in [0.5, 0.6) is 0 Å². The Bertz CT molecular complexity index is 671. The summed E-state index contributed by atoms with van der Waals surface area (Å²) in [4.78, 5) is 0. The number of hydrogen-bond acceptors (Lipinski definition) is 1. The number of nitrogens with zero attached hydrogens (tertiary/aromatic N) is 2. The maximum atomic E-state index is 4.53. The summed E-state index contributed by atoms with van der Waals surface area (Å²) in [5, 5.41) is 5.66. The Morgan fingerprint density at radius 3 is 2.35 bits per heavy atom. The molecule has 4 heteroatoms. The molecule has 0 amide bonds. The molecule has 84 valence electrons. The third-order valence-corrected chi connectivity index (χ3v) is 3.58. The molecular formula is C13H8Br2N2. The van der Waals surface area contributed by atoms with Crippen LogP contribution >= 0.6 is 31.9 Å². The molecule has 3 rings (SSSR count). The molecule has 3 aromatic rings. The second kappa shape index (κ2) is 4.27. The highest BCUT2D eigenvalue weighted by Crippen LogP contribution is 2.21. The summed E-state index contributed by atoms with van der Waals surface area (Å²) in [7, 11) is 0. The SMILES string of the molecule is Brc1ccc(-n2cc3cc(Br)ccc3n2)cc1. The highest BCUT2D eigenvalue weighted by atomic mass is 79.9. The molecule has 0 fully saturated rings. The molecule has 0 N–H and O–H groups in total. The molecule has 1 heterocycles. The van der Waals surface area contributed by atoms with Crippen LogP contribution in [0.4, 0.5) is 0 Å². The monoisotopic (exact) mass is 350 g/mol. The molecule has 0 atom stereocenters. The molecule has 0 spiro atoms. The largest absolute Gasteiger partial charge is 0.240 e. The van der Waals surface area contributed by atoms with E-state index in [1.165, 1.54) is 0 Å². The van der Waals surface area contributed by atoms with E-state index in [0.29, 0.717) is 0 Å². The summed E-state index contributed by atoms with van der Waals surface area (Å²) in [5.41, 5.74) is 2.05. The third-order valence-electron chi connectivity index (χ3n) is 2.56. The first kappa shape index (κ1) is 11.0. The van der Waals surface area contributed by atoms with Gasteiger partial charge >= 0.3 is 0 Å². The normalized spacial score (nSPS) is 10.9. The number of fused-ring (bicyclic) bond motifs is 1. The van der Waals surface area contributed by atoms with Crippen LogP contribution in [0.3, 0.4) is 0 Å². The molecule has 0 saturated heterocycles. The lowest BCUT2D eigenvalue weighted by Crippen LogP contribution is -1.92. The third kappa shape index (κ3) is 2.15. The van der Waals surface area contributed by atoms with Gasteiger partial charge in [0.1, 0.15) is 0 Å². The van der Waals surface area contributed by atoms with Gasteiger partial charge in [-0.05, 0) is 42.5 Å². The van der Waals surface area contributed by atoms with Crippen LogP contribution in [0.1, 0.15) is 0 Å². The zero-order chi connectivity index (χ0) is 11.8. The van der Waals surface area contributed by atoms with Gasteiger partial charge in [0.05, 0.1) is 11.2 Å². The minimum Gasteiger partial charge on any atom is -0.240 e. The highest BCUT2D eigenvalue weighted by molar-refractivity contribution is 9.10. The fourth-order valence-corrected chi connectivity index (χ4v) is 2.37. The average Bonchev–Trinajstić information content (AvgIpc) is 2.72. The van der Waals surface area contributed by atoms with Crippen LogP contribution in [0.15, 0.2) is 57.6 Å². The van der Waals surface area contributed by atoms with Crippen molar-refractivity contribution in [3.63, 3.8) is 0 Å². The lowest BCUT2D eigenvalue weighted by Gasteiger charge is -1.99. The van der Waals surface area contributed by atoms with Crippen molar-refractivity contribution in [3.05, 3.63) is 57.6 Å². The van der Waals surface area contributed by atoms with E-state index >= 15 is 0 Å². The van der Waals surface area contributed by atoms with E-state index in [1.54, 1.807) is 0 Å². The standard InChI is InChI=1S/C13H8Br2N2/c14-10-1-4-12(5-2-10)17-8-9-7-11(15)3-6-13(9)16-17/h1-8H. The maximum absolute atomic E-state index is 4.53. The molecule has 0 radical (unpaired) electrons. The van der Waals surface area contributed by atoms with Gasteiger partial charge in [0, 0.05) is 20.5 Å². The van der Waals surface area contributed by atoms with Crippen molar-refractivity contribution in [2.24, 2.45) is 0 Å². The second-order valence-electron chi connectivity index (χ2n) is 3.75. The fraction of sp³-hybridized carbons (Fsp3) is 0. The summed E-state index contributed by atoms with van der Waals surface area (Å²) in [6, 6.07) is 14.2. The molecule has 2 nitrogen and oxygen atoms in total. The molecule has 0 bridgehead atoms. The summed E-state index contributed by atoms with van der Waals surface area (Å²) in [6.07, 6.45) is 2.03. The van der Waals surface area contributed by atoms with Crippen molar-refractivity contribution < 1.29 is 0 Å². The zero-order valence-electron chi connectivity index (χ0n) is 8.77. The molecule has 17 heavy (non-hydrogen) atoms. The van der Waals surface area contributed by atoms with Crippen molar-refractivity contribution >= 4 is 42.8 Å². The predicted octanol–water partition coefficient (Wildman–Crippen LogP) is 4.55. The Morgan fingerprint density at radius 1 is 0.882 bits per heavy atom. The van der Waals surface area contributed by atoms with Crippen LogP contribution in [0, 0.1) is 0 Å². The van der Waals surface area contributed by atoms with E-state index in [1.807, 2.05) is 47.3 Å². The van der Waals surface area contributed by atoms with Crippen molar-refractivity contribution in [2.75, 3.05) is 0 Å². The van der Waals surface area contributed by atoms with E-state index in [0.717, 1.165) is 25.5 Å². The minimum atomic E-state index is 0.996. The van der Waals surface area contributed by atoms with Gasteiger partial charge in [-0.25, -0.2) is 4.68 Å². The Labute approximate surface area is 116 Å². The molecule has 0 unspecified atom stereocenters. The summed E-state index contributed by atoms with van der Waals surface area (Å²) in [5.74, 6) is 0. The lowest BCUT2D eigenvalue weighted by atomic mass is 10.3. The lowest BCUT2D eigenvalue weighted by molar-refractivity contribution is 0.896. The fourth-order valence-electron chi connectivity index (χ4n) is 1.72. The highest BCUT2D eigenvalue weighted by Gasteiger charge is 2.02. The van der Waals surface area contributed by atoms with Crippen LogP contribution in [-0.2, 0) is 0 Å². The van der Waals surface area contributed by atoms with Crippen molar-refractivity contribution in [1.82, 2.24) is 9.78 Å². The van der Waals surface area contributed by atoms with Gasteiger partial charge in [0.25, 0.3) is 0 Å². The molecule has 1 aromatic heterocycles. The van der Waals surface area contributed by atoms with Crippen LogP contribution in [-0.4, -0.2) is 9.78 Å². The van der Waals surface area contributed by atoms with Crippen molar-refractivity contribution in [2.45, 2.75) is 0 Å². The molecule has 0 saturated carbocycles. The Kier molecular flexibility index (Phi) is 2.76. The first-order valence-corrected chi connectivity index (χ1v) is 6.72. The molecule has 2 aromatic carbocycles. The first-order valence-electron chi connectivity index (χ1n) is 5.13. The summed E-state index contributed by atoms with van der Waals surface area (Å²) in [6.45, 7) is 0. The number of benzene rings is 2. The Hall–Kier alpha value is -1.13. The predicted molar refractivity (Wildman–Crippen MR) is 76.5 cm³/mol. The average molecular weight is 352 g/mol. The smallest absolute Gasteiger partial charge is 0.0928 e. The van der Waals surface area contributed by atoms with Gasteiger partial charge in [-0.2, -0.15) is 5.10 Å². The zero-order valence-corrected chi connectivity index (χ0v) is 11.9. The number of halogens is 2. The van der Waals surface area contributed by atoms with Crippen molar-refractivity contribution in [1.29, 1.82) is 0 Å². The van der Waals surface area contributed by atoms with Crippen LogP contribution in [0.2, 0.25) is 0 Å². The Morgan fingerprint density at radius 2 is 1.59 bits per heavy atom. The van der Waals surface area contributed by atoms with E-state index in [9.17, 15) is 0 Å². The van der Waals surface area contributed by atoms with Crippen LogP contribution in [0.25, 0.3) is 16.6 Å². The minimum absolute atomic E-state index is 0.996. The van der Waals surface area contributed by atoms with Gasteiger partial charge in [-0.3, -0.25) is 0 Å². The number of aromatic nitrogens is 2.